The summed E-state index contributed by atoms with van der Waals surface area (Å²) in [5.74, 6) is -1.37. The third kappa shape index (κ3) is 7.91. The average molecular weight is 567 g/mol. The number of ether oxygens (including phenoxy) is 2. The number of para-hydroxylation sites is 2. The summed E-state index contributed by atoms with van der Waals surface area (Å²) < 4.78 is 11.9. The highest BCUT2D eigenvalue weighted by atomic mass is 79.9. The zero-order valence-corrected chi connectivity index (χ0v) is 22.2. The van der Waals surface area contributed by atoms with Gasteiger partial charge in [0.1, 0.15) is 11.5 Å². The number of carbonyl (C=O) groups excluding carboxylic acids is 3. The van der Waals surface area contributed by atoms with Crippen LogP contribution in [0.5, 0.6) is 11.5 Å². The molecule has 37 heavy (non-hydrogen) atoms. The lowest BCUT2D eigenvalue weighted by molar-refractivity contribution is -0.136. The number of benzene rings is 3. The summed E-state index contributed by atoms with van der Waals surface area (Å²) in [5.41, 5.74) is 5.81. The number of rotatable bonds is 9. The number of amides is 3. The zero-order valence-electron chi connectivity index (χ0n) is 20.6. The molecule has 3 rings (SSSR count). The molecule has 10 heteroatoms. The third-order valence-electron chi connectivity index (χ3n) is 5.22. The molecule has 0 radical (unpaired) electrons. The number of hydrogen-bond acceptors (Lipinski definition) is 6. The van der Waals surface area contributed by atoms with Gasteiger partial charge in [0.15, 0.2) is 6.61 Å². The van der Waals surface area contributed by atoms with Gasteiger partial charge < -0.3 is 20.1 Å². The fourth-order valence-corrected chi connectivity index (χ4v) is 3.59. The summed E-state index contributed by atoms with van der Waals surface area (Å²) in [7, 11) is 0. The van der Waals surface area contributed by atoms with Crippen molar-refractivity contribution in [1.29, 1.82) is 0 Å². The Kier molecular flexibility index (Phi) is 9.79. The second-order valence-corrected chi connectivity index (χ2v) is 8.76. The van der Waals surface area contributed by atoms with Crippen LogP contribution in [-0.2, 0) is 14.4 Å². The van der Waals surface area contributed by atoms with E-state index in [9.17, 15) is 14.4 Å². The average Bonchev–Trinajstić information content (AvgIpc) is 2.87. The number of anilines is 2. The Labute approximate surface area is 223 Å². The van der Waals surface area contributed by atoms with E-state index >= 15 is 0 Å². The van der Waals surface area contributed by atoms with Crippen LogP contribution in [0.2, 0.25) is 0 Å². The minimum atomic E-state index is -0.965. The number of nitrogens with one attached hydrogen (secondary N) is 3. The first-order valence-electron chi connectivity index (χ1n) is 11.4. The molecule has 0 atom stereocenters. The van der Waals surface area contributed by atoms with Gasteiger partial charge in [0.25, 0.3) is 5.91 Å². The molecule has 0 aliphatic heterocycles. The van der Waals surface area contributed by atoms with Crippen LogP contribution < -0.4 is 25.5 Å². The molecular weight excluding hydrogens is 540 g/mol. The Balaban J connectivity index is 1.60. The molecule has 0 spiro atoms. The Morgan fingerprint density at radius 1 is 0.892 bits per heavy atom. The van der Waals surface area contributed by atoms with E-state index in [4.69, 9.17) is 9.47 Å². The van der Waals surface area contributed by atoms with Gasteiger partial charge in [-0.15, -0.1) is 0 Å². The molecule has 9 nitrogen and oxygen atoms in total. The van der Waals surface area contributed by atoms with Gasteiger partial charge >= 0.3 is 11.8 Å². The van der Waals surface area contributed by atoms with Gasteiger partial charge in [-0.2, -0.15) is 5.10 Å². The standard InChI is InChI=1S/C27H27BrN4O5/c1-4-36-24-11-6-5-9-22(24)31-26(34)27(35)32-29-15-19-14-20(28)12-13-23(19)37-16-25(33)30-21-10-7-8-17(2)18(21)3/h5-15H,4,16H2,1-3H3,(H,30,33)(H,31,34)(H,32,35)/b29-15-. The first kappa shape index (κ1) is 27.4. The molecule has 0 aromatic heterocycles. The molecule has 0 fully saturated rings. The first-order chi connectivity index (χ1) is 17.8. The minimum Gasteiger partial charge on any atom is -0.492 e. The monoisotopic (exact) mass is 566 g/mol. The second kappa shape index (κ2) is 13.2. The van der Waals surface area contributed by atoms with Crippen LogP contribution in [0.3, 0.4) is 0 Å². The molecule has 3 N–H and O–H groups in total. The fraction of sp³-hybridized carbons (Fsp3) is 0.185. The van der Waals surface area contributed by atoms with Crippen molar-refractivity contribution >= 4 is 51.2 Å². The van der Waals surface area contributed by atoms with E-state index < -0.39 is 11.8 Å². The van der Waals surface area contributed by atoms with E-state index in [0.717, 1.165) is 21.3 Å². The Hall–Kier alpha value is -4.18. The predicted molar refractivity (Wildman–Crippen MR) is 146 cm³/mol. The van der Waals surface area contributed by atoms with Crippen molar-refractivity contribution in [3.63, 3.8) is 0 Å². The van der Waals surface area contributed by atoms with Gasteiger partial charge in [-0.3, -0.25) is 14.4 Å². The molecule has 0 heterocycles. The van der Waals surface area contributed by atoms with Gasteiger partial charge in [-0.05, 0) is 68.3 Å². The molecule has 3 aromatic carbocycles. The molecular formula is C27H27BrN4O5. The maximum Gasteiger partial charge on any atom is 0.329 e. The van der Waals surface area contributed by atoms with E-state index in [1.165, 1.54) is 6.21 Å². The highest BCUT2D eigenvalue weighted by Crippen LogP contribution is 2.24. The molecule has 3 amide bonds. The van der Waals surface area contributed by atoms with E-state index in [1.54, 1.807) is 42.5 Å². The zero-order chi connectivity index (χ0) is 26.8. The lowest BCUT2D eigenvalue weighted by Gasteiger charge is -2.12. The Bertz CT molecular complexity index is 1330. The summed E-state index contributed by atoms with van der Waals surface area (Å²) in [6.45, 7) is 5.90. The van der Waals surface area contributed by atoms with Gasteiger partial charge in [0, 0.05) is 15.7 Å². The highest BCUT2D eigenvalue weighted by molar-refractivity contribution is 9.10. The SMILES string of the molecule is CCOc1ccccc1NC(=O)C(=O)N/N=C\c1cc(Br)ccc1OCC(=O)Nc1cccc(C)c1C. The summed E-state index contributed by atoms with van der Waals surface area (Å²) >= 11 is 3.38. The number of aryl methyl sites for hydroxylation is 1. The maximum atomic E-state index is 12.4. The van der Waals surface area contributed by atoms with E-state index in [1.807, 2.05) is 39.0 Å². The van der Waals surface area contributed by atoms with Crippen LogP contribution >= 0.6 is 15.9 Å². The molecule has 0 unspecified atom stereocenters. The van der Waals surface area contributed by atoms with Crippen molar-refractivity contribution in [3.05, 3.63) is 81.8 Å². The van der Waals surface area contributed by atoms with Crippen molar-refractivity contribution in [2.45, 2.75) is 20.8 Å². The molecule has 192 valence electrons. The van der Waals surface area contributed by atoms with Crippen molar-refractivity contribution in [2.24, 2.45) is 5.10 Å². The van der Waals surface area contributed by atoms with Crippen LogP contribution in [0.4, 0.5) is 11.4 Å². The molecule has 0 saturated heterocycles. The number of nitrogens with zero attached hydrogens (tertiary/aromatic N) is 1. The normalized spacial score (nSPS) is 10.6. The van der Waals surface area contributed by atoms with Gasteiger partial charge in [0.05, 0.1) is 18.5 Å². The summed E-state index contributed by atoms with van der Waals surface area (Å²) in [6.07, 6.45) is 1.32. The van der Waals surface area contributed by atoms with Crippen LogP contribution in [0.1, 0.15) is 23.6 Å². The number of halogens is 1. The smallest absolute Gasteiger partial charge is 0.329 e. The van der Waals surface area contributed by atoms with E-state index in [0.29, 0.717) is 29.4 Å². The van der Waals surface area contributed by atoms with Crippen molar-refractivity contribution in [2.75, 3.05) is 23.8 Å². The quantitative estimate of drug-likeness (QED) is 0.199. The lowest BCUT2D eigenvalue weighted by atomic mass is 10.1. The molecule has 0 saturated carbocycles. The van der Waals surface area contributed by atoms with Crippen LogP contribution in [0.15, 0.2) is 70.2 Å². The number of carbonyl (C=O) groups is 3. The summed E-state index contributed by atoms with van der Waals surface area (Å²) in [6, 6.07) is 17.6. The van der Waals surface area contributed by atoms with Crippen molar-refractivity contribution < 1.29 is 23.9 Å². The van der Waals surface area contributed by atoms with Crippen LogP contribution in [-0.4, -0.2) is 37.1 Å². The third-order valence-corrected chi connectivity index (χ3v) is 5.71. The van der Waals surface area contributed by atoms with Crippen molar-refractivity contribution in [1.82, 2.24) is 5.43 Å². The second-order valence-electron chi connectivity index (χ2n) is 7.85. The highest BCUT2D eigenvalue weighted by Gasteiger charge is 2.15. The summed E-state index contributed by atoms with van der Waals surface area (Å²) in [4.78, 5) is 36.9. The fourth-order valence-electron chi connectivity index (χ4n) is 3.21. The topological polar surface area (TPSA) is 118 Å². The number of hydrazone groups is 1. The molecule has 0 aliphatic rings. The van der Waals surface area contributed by atoms with E-state index in [-0.39, 0.29) is 12.5 Å². The predicted octanol–water partition coefficient (Wildman–Crippen LogP) is 4.57. The Morgan fingerprint density at radius 3 is 2.43 bits per heavy atom. The molecule has 0 aliphatic carbocycles. The van der Waals surface area contributed by atoms with Crippen LogP contribution in [0.25, 0.3) is 0 Å². The van der Waals surface area contributed by atoms with Gasteiger partial charge in [0.2, 0.25) is 0 Å². The van der Waals surface area contributed by atoms with Crippen molar-refractivity contribution in [3.8, 4) is 11.5 Å². The Morgan fingerprint density at radius 2 is 1.65 bits per heavy atom. The minimum absolute atomic E-state index is 0.232. The first-order valence-corrected chi connectivity index (χ1v) is 12.2. The number of hydrogen-bond donors (Lipinski definition) is 3. The van der Waals surface area contributed by atoms with Gasteiger partial charge in [-0.1, -0.05) is 40.2 Å². The lowest BCUT2D eigenvalue weighted by Crippen LogP contribution is -2.32. The summed E-state index contributed by atoms with van der Waals surface area (Å²) in [5, 5.41) is 9.20. The van der Waals surface area contributed by atoms with E-state index in [2.05, 4.69) is 37.1 Å². The van der Waals surface area contributed by atoms with Gasteiger partial charge in [-0.25, -0.2) is 5.43 Å². The maximum absolute atomic E-state index is 12.4. The largest absolute Gasteiger partial charge is 0.492 e. The molecule has 3 aromatic rings. The molecule has 0 bridgehead atoms. The van der Waals surface area contributed by atoms with Crippen LogP contribution in [0, 0.1) is 13.8 Å².